The molecule has 25 heavy (non-hydrogen) atoms. The third kappa shape index (κ3) is 9.65. The number of carbonyl (C=O) groups is 2. The summed E-state index contributed by atoms with van der Waals surface area (Å²) >= 11 is 0. The molecule has 0 radical (unpaired) electrons. The molecule has 0 atom stereocenters. The van der Waals surface area contributed by atoms with Gasteiger partial charge in [-0.05, 0) is 36.6 Å². The zero-order valence-corrected chi connectivity index (χ0v) is 16.0. The summed E-state index contributed by atoms with van der Waals surface area (Å²) in [5.41, 5.74) is 1.37. The van der Waals surface area contributed by atoms with Crippen molar-refractivity contribution in [1.82, 2.24) is 4.90 Å². The number of carboxylic acids is 1. The van der Waals surface area contributed by atoms with E-state index in [1.165, 1.54) is 6.42 Å². The van der Waals surface area contributed by atoms with E-state index in [1.54, 1.807) is 19.2 Å². The molecule has 5 nitrogen and oxygen atoms in total. The van der Waals surface area contributed by atoms with Gasteiger partial charge in [-0.2, -0.15) is 0 Å². The van der Waals surface area contributed by atoms with E-state index in [-0.39, 0.29) is 5.56 Å². The van der Waals surface area contributed by atoms with Crippen molar-refractivity contribution in [2.75, 3.05) is 20.1 Å². The number of hydrogen-bond acceptors (Lipinski definition) is 4. The second-order valence-corrected chi connectivity index (χ2v) is 6.22. The van der Waals surface area contributed by atoms with Gasteiger partial charge in [0.1, 0.15) is 0 Å². The first-order chi connectivity index (χ1) is 11.9. The van der Waals surface area contributed by atoms with E-state index in [0.717, 1.165) is 37.9 Å². The van der Waals surface area contributed by atoms with Crippen LogP contribution in [0.2, 0.25) is 0 Å². The highest BCUT2D eigenvalue weighted by Gasteiger charge is 2.18. The van der Waals surface area contributed by atoms with Crippen molar-refractivity contribution < 1.29 is 14.7 Å². The van der Waals surface area contributed by atoms with Crippen LogP contribution in [0.4, 0.5) is 0 Å². The smallest absolute Gasteiger partial charge is 0.222 e. The van der Waals surface area contributed by atoms with Crippen LogP contribution < -0.4 is 5.11 Å². The van der Waals surface area contributed by atoms with Gasteiger partial charge in [-0.1, -0.05) is 51.5 Å². The Bertz CT molecular complexity index is 524. The Labute approximate surface area is 151 Å². The normalized spacial score (nSPS) is 12.8. The fraction of sp³-hybridized carbons (Fsp3) is 0.550. The molecular formula is C20H31N2O3-. The van der Waals surface area contributed by atoms with E-state index >= 15 is 0 Å². The predicted octanol–water partition coefficient (Wildman–Crippen LogP) is 2.90. The zero-order valence-electron chi connectivity index (χ0n) is 16.0. The summed E-state index contributed by atoms with van der Waals surface area (Å²) in [6, 6.07) is 6.78. The molecule has 2 rings (SSSR count). The summed E-state index contributed by atoms with van der Waals surface area (Å²) in [4.78, 5) is 26.6. The first-order valence-electron chi connectivity index (χ1n) is 8.81. The van der Waals surface area contributed by atoms with Crippen molar-refractivity contribution in [2.45, 2.75) is 52.4 Å². The van der Waals surface area contributed by atoms with Gasteiger partial charge in [0.05, 0.1) is 5.97 Å². The number of benzene rings is 1. The van der Waals surface area contributed by atoms with Crippen LogP contribution in [-0.2, 0) is 4.79 Å². The molecule has 5 heteroatoms. The van der Waals surface area contributed by atoms with Crippen LogP contribution in [-0.4, -0.2) is 43.6 Å². The number of likely N-dealkylation sites (tertiary alicyclic amines) is 1. The number of aromatic carboxylic acids is 1. The summed E-state index contributed by atoms with van der Waals surface area (Å²) < 4.78 is 0. The second kappa shape index (κ2) is 13.2. The van der Waals surface area contributed by atoms with Crippen LogP contribution in [0.5, 0.6) is 0 Å². The van der Waals surface area contributed by atoms with Crippen LogP contribution in [0.3, 0.4) is 0 Å². The number of amides is 1. The van der Waals surface area contributed by atoms with Crippen molar-refractivity contribution in [1.29, 1.82) is 0 Å². The molecule has 0 aliphatic carbocycles. The minimum Gasteiger partial charge on any atom is -0.545 e. The predicted molar refractivity (Wildman–Crippen MR) is 101 cm³/mol. The fourth-order valence-electron chi connectivity index (χ4n) is 2.29. The van der Waals surface area contributed by atoms with Gasteiger partial charge >= 0.3 is 0 Å². The van der Waals surface area contributed by atoms with Gasteiger partial charge in [0.2, 0.25) is 5.91 Å². The van der Waals surface area contributed by atoms with Crippen LogP contribution >= 0.6 is 0 Å². The fourth-order valence-corrected chi connectivity index (χ4v) is 2.29. The summed E-state index contributed by atoms with van der Waals surface area (Å²) in [7, 11) is 1.64. The topological polar surface area (TPSA) is 72.8 Å². The van der Waals surface area contributed by atoms with Gasteiger partial charge < -0.3 is 19.8 Å². The lowest BCUT2D eigenvalue weighted by molar-refractivity contribution is -0.255. The highest BCUT2D eigenvalue weighted by Crippen LogP contribution is 2.14. The van der Waals surface area contributed by atoms with E-state index in [4.69, 9.17) is 0 Å². The molecule has 0 N–H and O–H groups in total. The Hall–Kier alpha value is -2.17. The molecule has 1 aromatic carbocycles. The minimum absolute atomic E-state index is 0.236. The Kier molecular flexibility index (Phi) is 12.0. The minimum atomic E-state index is -1.12. The number of nitrogens with zero attached hydrogens (tertiary/aromatic N) is 2. The maximum absolute atomic E-state index is 11.0. The summed E-state index contributed by atoms with van der Waals surface area (Å²) in [5.74, 6) is -0.334. The second-order valence-electron chi connectivity index (χ2n) is 6.22. The Morgan fingerprint density at radius 2 is 1.88 bits per heavy atom. The van der Waals surface area contributed by atoms with Crippen molar-refractivity contribution in [2.24, 2.45) is 4.99 Å². The average molecular weight is 347 g/mol. The molecule has 1 aromatic rings. The molecule has 1 heterocycles. The quantitative estimate of drug-likeness (QED) is 0.769. The van der Waals surface area contributed by atoms with Gasteiger partial charge in [-0.15, -0.1) is 0 Å². The lowest BCUT2D eigenvalue weighted by Gasteiger charge is -2.13. The molecule has 1 saturated heterocycles. The maximum atomic E-state index is 11.0. The van der Waals surface area contributed by atoms with E-state index in [2.05, 4.69) is 32.5 Å². The van der Waals surface area contributed by atoms with E-state index in [0.29, 0.717) is 11.8 Å². The zero-order chi connectivity index (χ0) is 19.2. The van der Waals surface area contributed by atoms with Gasteiger partial charge in [-0.3, -0.25) is 4.79 Å². The molecule has 1 aliphatic heterocycles. The molecule has 1 amide bonds. The van der Waals surface area contributed by atoms with Crippen molar-refractivity contribution >= 4 is 18.6 Å². The highest BCUT2D eigenvalue weighted by atomic mass is 16.4. The molecule has 1 fully saturated rings. The molecule has 0 unspecified atom stereocenters. The largest absolute Gasteiger partial charge is 0.545 e. The Morgan fingerprint density at radius 1 is 1.32 bits per heavy atom. The molecule has 1 aliphatic rings. The number of hydrogen-bond donors (Lipinski definition) is 0. The number of rotatable bonds is 5. The SMILES string of the molecule is C=NC.CC(C)c1ccc(C(=O)[O-])cc1.CCCCN1CCCC1=O. The third-order valence-electron chi connectivity index (χ3n) is 3.77. The van der Waals surface area contributed by atoms with E-state index < -0.39 is 5.97 Å². The van der Waals surface area contributed by atoms with Gasteiger partial charge in [0, 0.05) is 26.6 Å². The first-order valence-corrected chi connectivity index (χ1v) is 8.81. The van der Waals surface area contributed by atoms with Gasteiger partial charge in [0.15, 0.2) is 0 Å². The lowest BCUT2D eigenvalue weighted by atomic mass is 10.0. The molecule has 140 valence electrons. The Balaban J connectivity index is 0.000000403. The molecular weight excluding hydrogens is 316 g/mol. The van der Waals surface area contributed by atoms with Crippen LogP contribution in [0.15, 0.2) is 29.3 Å². The Morgan fingerprint density at radius 3 is 2.24 bits per heavy atom. The number of carboxylic acid groups (broad SMARTS) is 1. The summed E-state index contributed by atoms with van der Waals surface area (Å²) in [6.45, 7) is 11.4. The third-order valence-corrected chi connectivity index (χ3v) is 3.77. The lowest BCUT2D eigenvalue weighted by Crippen LogP contribution is -2.25. The van der Waals surface area contributed by atoms with Crippen LogP contribution in [0.1, 0.15) is 68.3 Å². The molecule has 0 aromatic heterocycles. The number of unbranched alkanes of at least 4 members (excludes halogenated alkanes) is 1. The monoisotopic (exact) mass is 347 g/mol. The molecule has 0 spiro atoms. The molecule has 0 bridgehead atoms. The van der Waals surface area contributed by atoms with Crippen LogP contribution in [0.25, 0.3) is 0 Å². The van der Waals surface area contributed by atoms with Crippen molar-refractivity contribution in [3.05, 3.63) is 35.4 Å². The van der Waals surface area contributed by atoms with Crippen molar-refractivity contribution in [3.8, 4) is 0 Å². The van der Waals surface area contributed by atoms with Gasteiger partial charge in [-0.25, -0.2) is 0 Å². The number of aliphatic imine (C=N–C) groups is 1. The standard InChI is InChI=1S/C10H12O2.C8H15NO.C2H5N/c1-7(2)8-3-5-9(6-4-8)10(11)12;1-2-3-6-9-7-4-5-8(9)10;1-3-2/h3-7H,1-2H3,(H,11,12);2-7H2,1H3;1H2,2H3/p-1. The molecule has 0 saturated carbocycles. The van der Waals surface area contributed by atoms with Gasteiger partial charge in [0.25, 0.3) is 0 Å². The number of carbonyl (C=O) groups excluding carboxylic acids is 2. The van der Waals surface area contributed by atoms with E-state index in [1.807, 2.05) is 17.0 Å². The van der Waals surface area contributed by atoms with Crippen molar-refractivity contribution in [3.63, 3.8) is 0 Å². The average Bonchev–Trinajstić information content (AvgIpc) is 2.99. The van der Waals surface area contributed by atoms with E-state index in [9.17, 15) is 14.7 Å². The maximum Gasteiger partial charge on any atom is 0.222 e. The van der Waals surface area contributed by atoms with Crippen LogP contribution in [0, 0.1) is 0 Å². The first kappa shape index (κ1) is 22.8. The summed E-state index contributed by atoms with van der Waals surface area (Å²) in [6.07, 6.45) is 4.20. The highest BCUT2D eigenvalue weighted by molar-refractivity contribution is 5.85. The summed E-state index contributed by atoms with van der Waals surface area (Å²) in [5, 5.41) is 10.4.